The predicted molar refractivity (Wildman–Crippen MR) is 74.6 cm³/mol. The van der Waals surface area contributed by atoms with E-state index in [4.69, 9.17) is 0 Å². The van der Waals surface area contributed by atoms with Crippen LogP contribution in [0.4, 0.5) is 5.69 Å². The average molecular weight is 232 g/mol. The van der Waals surface area contributed by atoms with Crippen LogP contribution in [0.15, 0.2) is 24.3 Å². The first-order valence-electron chi connectivity index (χ1n) is 6.76. The maximum atomic E-state index is 3.53. The van der Waals surface area contributed by atoms with Crippen LogP contribution >= 0.6 is 0 Å². The van der Waals surface area contributed by atoms with Gasteiger partial charge in [-0.3, -0.25) is 0 Å². The number of hydrogen-bond donors (Lipinski definition) is 1. The number of piperidine rings is 1. The number of anilines is 1. The average Bonchev–Trinajstić information content (AvgIpc) is 2.32. The summed E-state index contributed by atoms with van der Waals surface area (Å²) in [7, 11) is 2.26. The number of benzene rings is 1. The van der Waals surface area contributed by atoms with Crippen LogP contribution in [0.25, 0.3) is 0 Å². The quantitative estimate of drug-likeness (QED) is 0.857. The molecule has 1 aromatic carbocycles. The van der Waals surface area contributed by atoms with Gasteiger partial charge in [0.05, 0.1) is 0 Å². The number of nitrogens with one attached hydrogen (secondary N) is 1. The molecule has 0 spiro atoms. The Labute approximate surface area is 105 Å². The number of likely N-dealkylation sites (tertiary alicyclic amines) is 1. The van der Waals surface area contributed by atoms with Crippen molar-refractivity contribution in [3.8, 4) is 0 Å². The van der Waals surface area contributed by atoms with Gasteiger partial charge in [0.1, 0.15) is 0 Å². The van der Waals surface area contributed by atoms with E-state index in [1.165, 1.54) is 43.5 Å². The SMILES string of the molecule is Cc1cccc(NCCC2CCCCN2C)c1. The van der Waals surface area contributed by atoms with Crippen LogP contribution in [-0.4, -0.2) is 31.1 Å². The van der Waals surface area contributed by atoms with Crippen molar-refractivity contribution in [2.24, 2.45) is 0 Å². The predicted octanol–water partition coefficient (Wildman–Crippen LogP) is 3.28. The summed E-state index contributed by atoms with van der Waals surface area (Å²) >= 11 is 0. The molecule has 0 saturated carbocycles. The molecular weight excluding hydrogens is 208 g/mol. The highest BCUT2D eigenvalue weighted by molar-refractivity contribution is 5.45. The molecule has 0 radical (unpaired) electrons. The van der Waals surface area contributed by atoms with Gasteiger partial charge in [-0.2, -0.15) is 0 Å². The minimum Gasteiger partial charge on any atom is -0.385 e. The largest absolute Gasteiger partial charge is 0.385 e. The Balaban J connectivity index is 1.75. The summed E-state index contributed by atoms with van der Waals surface area (Å²) in [6.07, 6.45) is 5.40. The molecule has 1 atom stereocenters. The van der Waals surface area contributed by atoms with Crippen LogP contribution in [0.1, 0.15) is 31.2 Å². The van der Waals surface area contributed by atoms with E-state index >= 15 is 0 Å². The molecule has 0 aliphatic carbocycles. The van der Waals surface area contributed by atoms with E-state index in [1.54, 1.807) is 0 Å². The van der Waals surface area contributed by atoms with Gasteiger partial charge in [0.25, 0.3) is 0 Å². The van der Waals surface area contributed by atoms with Crippen LogP contribution in [0.2, 0.25) is 0 Å². The zero-order valence-corrected chi connectivity index (χ0v) is 11.1. The number of aryl methyl sites for hydroxylation is 1. The number of rotatable bonds is 4. The number of nitrogens with zero attached hydrogens (tertiary/aromatic N) is 1. The van der Waals surface area contributed by atoms with Gasteiger partial charge in [0, 0.05) is 18.3 Å². The van der Waals surface area contributed by atoms with Crippen molar-refractivity contribution in [2.45, 2.75) is 38.6 Å². The van der Waals surface area contributed by atoms with Crippen molar-refractivity contribution >= 4 is 5.69 Å². The van der Waals surface area contributed by atoms with Gasteiger partial charge in [0.15, 0.2) is 0 Å². The van der Waals surface area contributed by atoms with Gasteiger partial charge in [0.2, 0.25) is 0 Å². The topological polar surface area (TPSA) is 15.3 Å². The maximum Gasteiger partial charge on any atom is 0.0342 e. The summed E-state index contributed by atoms with van der Waals surface area (Å²) in [6.45, 7) is 4.49. The van der Waals surface area contributed by atoms with E-state index in [-0.39, 0.29) is 0 Å². The van der Waals surface area contributed by atoms with Crippen molar-refractivity contribution in [3.63, 3.8) is 0 Å². The second-order valence-corrected chi connectivity index (χ2v) is 5.22. The van der Waals surface area contributed by atoms with Crippen LogP contribution in [0.5, 0.6) is 0 Å². The Morgan fingerprint density at radius 1 is 1.35 bits per heavy atom. The highest BCUT2D eigenvalue weighted by atomic mass is 15.1. The Hall–Kier alpha value is -1.02. The highest BCUT2D eigenvalue weighted by Gasteiger charge is 2.17. The lowest BCUT2D eigenvalue weighted by molar-refractivity contribution is 0.179. The van der Waals surface area contributed by atoms with Crippen LogP contribution in [0.3, 0.4) is 0 Å². The molecule has 0 amide bonds. The summed E-state index contributed by atoms with van der Waals surface area (Å²) < 4.78 is 0. The fourth-order valence-corrected chi connectivity index (χ4v) is 2.65. The summed E-state index contributed by atoms with van der Waals surface area (Å²) in [5.41, 5.74) is 2.58. The Bertz CT molecular complexity index is 349. The first kappa shape index (κ1) is 12.4. The van der Waals surface area contributed by atoms with Gasteiger partial charge in [-0.1, -0.05) is 18.6 Å². The van der Waals surface area contributed by atoms with Crippen molar-refractivity contribution in [1.82, 2.24) is 4.90 Å². The first-order valence-corrected chi connectivity index (χ1v) is 6.76. The molecule has 1 saturated heterocycles. The van der Waals surface area contributed by atoms with E-state index in [1.807, 2.05) is 0 Å². The van der Waals surface area contributed by atoms with Gasteiger partial charge in [-0.05, 0) is 57.5 Å². The fraction of sp³-hybridized carbons (Fsp3) is 0.600. The third-order valence-corrected chi connectivity index (χ3v) is 3.75. The summed E-state index contributed by atoms with van der Waals surface area (Å²) in [6, 6.07) is 9.40. The van der Waals surface area contributed by atoms with Crippen molar-refractivity contribution < 1.29 is 0 Å². The normalized spacial score (nSPS) is 21.4. The van der Waals surface area contributed by atoms with Gasteiger partial charge < -0.3 is 10.2 Å². The van der Waals surface area contributed by atoms with E-state index < -0.39 is 0 Å². The van der Waals surface area contributed by atoms with E-state index in [0.29, 0.717) is 0 Å². The molecule has 2 nitrogen and oxygen atoms in total. The monoisotopic (exact) mass is 232 g/mol. The van der Waals surface area contributed by atoms with Gasteiger partial charge in [-0.25, -0.2) is 0 Å². The molecule has 17 heavy (non-hydrogen) atoms. The molecule has 0 bridgehead atoms. The lowest BCUT2D eigenvalue weighted by Gasteiger charge is -2.32. The Morgan fingerprint density at radius 2 is 2.24 bits per heavy atom. The second kappa shape index (κ2) is 6.06. The summed E-state index contributed by atoms with van der Waals surface area (Å²) in [4.78, 5) is 2.52. The Kier molecular flexibility index (Phi) is 4.43. The standard InChI is InChI=1S/C15H24N2/c1-13-6-5-7-14(12-13)16-10-9-15-8-3-4-11-17(15)2/h5-7,12,15-16H,3-4,8-11H2,1-2H3. The molecule has 1 fully saturated rings. The maximum absolute atomic E-state index is 3.53. The van der Waals surface area contributed by atoms with Crippen LogP contribution < -0.4 is 5.32 Å². The third kappa shape index (κ3) is 3.74. The van der Waals surface area contributed by atoms with Crippen molar-refractivity contribution in [1.29, 1.82) is 0 Å². The molecule has 1 aliphatic rings. The second-order valence-electron chi connectivity index (χ2n) is 5.22. The Morgan fingerprint density at radius 3 is 3.00 bits per heavy atom. The minimum atomic E-state index is 0.779. The summed E-state index contributed by atoms with van der Waals surface area (Å²) in [5.74, 6) is 0. The smallest absolute Gasteiger partial charge is 0.0342 e. The zero-order chi connectivity index (χ0) is 12.1. The lowest BCUT2D eigenvalue weighted by Crippen LogP contribution is -2.37. The molecule has 1 heterocycles. The van der Waals surface area contributed by atoms with Gasteiger partial charge in [-0.15, -0.1) is 0 Å². The summed E-state index contributed by atoms with van der Waals surface area (Å²) in [5, 5.41) is 3.53. The lowest BCUT2D eigenvalue weighted by atomic mass is 10.0. The van der Waals surface area contributed by atoms with Crippen LogP contribution in [-0.2, 0) is 0 Å². The van der Waals surface area contributed by atoms with E-state index in [9.17, 15) is 0 Å². The van der Waals surface area contributed by atoms with Crippen molar-refractivity contribution in [3.05, 3.63) is 29.8 Å². The van der Waals surface area contributed by atoms with E-state index in [0.717, 1.165) is 12.6 Å². The molecule has 2 rings (SSSR count). The zero-order valence-electron chi connectivity index (χ0n) is 11.1. The molecular formula is C15H24N2. The molecule has 2 heteroatoms. The fourth-order valence-electron chi connectivity index (χ4n) is 2.65. The number of hydrogen-bond acceptors (Lipinski definition) is 2. The molecule has 1 unspecified atom stereocenters. The molecule has 1 aromatic rings. The third-order valence-electron chi connectivity index (χ3n) is 3.75. The van der Waals surface area contributed by atoms with Gasteiger partial charge >= 0.3 is 0 Å². The molecule has 94 valence electrons. The van der Waals surface area contributed by atoms with Crippen molar-refractivity contribution in [2.75, 3.05) is 25.5 Å². The van der Waals surface area contributed by atoms with Crippen LogP contribution in [0, 0.1) is 6.92 Å². The minimum absolute atomic E-state index is 0.779. The molecule has 0 aromatic heterocycles. The molecule has 1 N–H and O–H groups in total. The molecule has 1 aliphatic heterocycles. The van der Waals surface area contributed by atoms with E-state index in [2.05, 4.69) is 48.5 Å². The highest BCUT2D eigenvalue weighted by Crippen LogP contribution is 2.18. The first-order chi connectivity index (χ1) is 8.25.